The molecule has 1 aromatic carbocycles. The Morgan fingerprint density at radius 2 is 2.15 bits per heavy atom. The Kier molecular flexibility index (Phi) is 4.74. The number of alkyl halides is 3. The molecule has 0 saturated carbocycles. The number of halogens is 6. The summed E-state index contributed by atoms with van der Waals surface area (Å²) in [6.07, 6.45) is -3.48. The van der Waals surface area contributed by atoms with Crippen LogP contribution in [0.2, 0.25) is 5.02 Å². The fraction of sp³-hybridized carbons (Fsp3) is 0.200. The van der Waals surface area contributed by atoms with E-state index in [1.54, 1.807) is 0 Å². The molecule has 0 bridgehead atoms. The minimum atomic E-state index is -4.69. The Hall–Kier alpha value is -2.07. The third-order valence-electron chi connectivity index (χ3n) is 3.37. The molecule has 0 unspecified atom stereocenters. The first-order valence-electron chi connectivity index (χ1n) is 6.97. The van der Waals surface area contributed by atoms with E-state index in [0.29, 0.717) is 4.68 Å². The van der Waals surface area contributed by atoms with Gasteiger partial charge < -0.3 is 9.15 Å². The molecule has 0 aliphatic rings. The standard InChI is InChI=1S/C15H9BrClF4N3O2/c1-3-4-25-14-22-11-8(7(18)5-6(17)12(11)26-14)10-9(16)13(15(19,20)21)24(2)23-10/h3,5H,1,4H2,2H3. The molecule has 0 radical (unpaired) electrons. The molecule has 0 atom stereocenters. The number of ether oxygens (including phenoxy) is 1. The quantitative estimate of drug-likeness (QED) is 0.393. The molecule has 0 aliphatic heterocycles. The third-order valence-corrected chi connectivity index (χ3v) is 4.40. The van der Waals surface area contributed by atoms with E-state index < -0.39 is 22.2 Å². The number of aromatic nitrogens is 3. The van der Waals surface area contributed by atoms with Crippen molar-refractivity contribution in [3.8, 4) is 17.3 Å². The Morgan fingerprint density at radius 1 is 1.46 bits per heavy atom. The topological polar surface area (TPSA) is 53.1 Å². The zero-order chi connectivity index (χ0) is 19.2. The molecular formula is C15H9BrClF4N3O2. The van der Waals surface area contributed by atoms with E-state index in [1.165, 1.54) is 6.08 Å². The van der Waals surface area contributed by atoms with Gasteiger partial charge in [-0.3, -0.25) is 4.68 Å². The van der Waals surface area contributed by atoms with E-state index in [1.807, 2.05) is 0 Å². The van der Waals surface area contributed by atoms with Crippen LogP contribution >= 0.6 is 27.5 Å². The fourth-order valence-corrected chi connectivity index (χ4v) is 3.36. The van der Waals surface area contributed by atoms with Gasteiger partial charge in [-0.1, -0.05) is 24.3 Å². The second-order valence-corrected chi connectivity index (χ2v) is 6.31. The van der Waals surface area contributed by atoms with Crippen molar-refractivity contribution in [1.29, 1.82) is 0 Å². The van der Waals surface area contributed by atoms with Crippen molar-refractivity contribution in [2.75, 3.05) is 6.61 Å². The lowest BCUT2D eigenvalue weighted by Crippen LogP contribution is -2.12. The van der Waals surface area contributed by atoms with Crippen LogP contribution in [0.1, 0.15) is 5.69 Å². The average molecular weight is 455 g/mol. The minimum absolute atomic E-state index is 0.0340. The summed E-state index contributed by atoms with van der Waals surface area (Å²) < 4.78 is 64.8. The average Bonchev–Trinajstić information content (AvgIpc) is 3.06. The van der Waals surface area contributed by atoms with E-state index in [0.717, 1.165) is 13.1 Å². The van der Waals surface area contributed by atoms with Crippen molar-refractivity contribution in [3.05, 3.63) is 39.7 Å². The fourth-order valence-electron chi connectivity index (χ4n) is 2.38. The Balaban J connectivity index is 2.29. The number of aryl methyl sites for hydroxylation is 1. The van der Waals surface area contributed by atoms with Gasteiger partial charge in [0.15, 0.2) is 11.3 Å². The number of benzene rings is 1. The molecule has 11 heteroatoms. The summed E-state index contributed by atoms with van der Waals surface area (Å²) in [7, 11) is 1.10. The Morgan fingerprint density at radius 3 is 2.73 bits per heavy atom. The summed E-state index contributed by atoms with van der Waals surface area (Å²) in [5, 5.41) is 3.68. The van der Waals surface area contributed by atoms with Crippen LogP contribution in [0, 0.1) is 5.82 Å². The maximum Gasteiger partial charge on any atom is 0.434 e. The van der Waals surface area contributed by atoms with Crippen molar-refractivity contribution in [3.63, 3.8) is 0 Å². The van der Waals surface area contributed by atoms with Crippen molar-refractivity contribution < 1.29 is 26.7 Å². The van der Waals surface area contributed by atoms with E-state index in [4.69, 9.17) is 20.8 Å². The minimum Gasteiger partial charge on any atom is -0.446 e. The van der Waals surface area contributed by atoms with Gasteiger partial charge in [-0.25, -0.2) is 4.39 Å². The van der Waals surface area contributed by atoms with Crippen LogP contribution < -0.4 is 4.74 Å². The Bertz CT molecular complexity index is 1010. The third kappa shape index (κ3) is 3.07. The van der Waals surface area contributed by atoms with Crippen LogP contribution in [0.15, 0.2) is 27.6 Å². The number of fused-ring (bicyclic) bond motifs is 1. The first-order chi connectivity index (χ1) is 12.1. The second-order valence-electron chi connectivity index (χ2n) is 5.10. The highest BCUT2D eigenvalue weighted by Crippen LogP contribution is 2.43. The molecule has 3 aromatic rings. The molecule has 0 fully saturated rings. The highest BCUT2D eigenvalue weighted by Gasteiger charge is 2.39. The summed E-state index contributed by atoms with van der Waals surface area (Å²) in [6, 6.07) is 0.913. The lowest BCUT2D eigenvalue weighted by molar-refractivity contribution is -0.144. The molecule has 138 valence electrons. The van der Waals surface area contributed by atoms with Crippen LogP contribution in [-0.4, -0.2) is 21.4 Å². The first-order valence-corrected chi connectivity index (χ1v) is 8.14. The van der Waals surface area contributed by atoms with Crippen LogP contribution in [-0.2, 0) is 13.2 Å². The summed E-state index contributed by atoms with van der Waals surface area (Å²) in [5.41, 5.74) is -1.79. The van der Waals surface area contributed by atoms with Crippen molar-refractivity contribution in [1.82, 2.24) is 14.8 Å². The SMILES string of the molecule is C=CCOc1nc2c(-c3nn(C)c(C(F)(F)F)c3Br)c(F)cc(Cl)c2o1. The molecular weight excluding hydrogens is 446 g/mol. The van der Waals surface area contributed by atoms with Crippen LogP contribution in [0.4, 0.5) is 17.6 Å². The predicted molar refractivity (Wildman–Crippen MR) is 89.6 cm³/mol. The molecule has 0 amide bonds. The van der Waals surface area contributed by atoms with E-state index in [9.17, 15) is 17.6 Å². The summed E-state index contributed by atoms with van der Waals surface area (Å²) in [6.45, 7) is 3.53. The van der Waals surface area contributed by atoms with E-state index in [-0.39, 0.29) is 40.1 Å². The highest BCUT2D eigenvalue weighted by molar-refractivity contribution is 9.10. The molecule has 0 aliphatic carbocycles. The number of rotatable bonds is 4. The van der Waals surface area contributed by atoms with Crippen LogP contribution in [0.5, 0.6) is 6.08 Å². The number of nitrogens with zero attached hydrogens (tertiary/aromatic N) is 3. The maximum absolute atomic E-state index is 14.6. The van der Waals surface area contributed by atoms with Gasteiger partial charge >= 0.3 is 12.3 Å². The van der Waals surface area contributed by atoms with Crippen LogP contribution in [0.3, 0.4) is 0 Å². The normalized spacial score (nSPS) is 12.0. The zero-order valence-corrected chi connectivity index (χ0v) is 15.3. The lowest BCUT2D eigenvalue weighted by Gasteiger charge is -2.06. The predicted octanol–water partition coefficient (Wildman–Crippen LogP) is 5.37. The molecule has 2 aromatic heterocycles. The summed E-state index contributed by atoms with van der Waals surface area (Å²) >= 11 is 8.81. The van der Waals surface area contributed by atoms with Crippen molar-refractivity contribution in [2.24, 2.45) is 7.05 Å². The van der Waals surface area contributed by atoms with Gasteiger partial charge in [0.1, 0.15) is 23.6 Å². The highest BCUT2D eigenvalue weighted by atomic mass is 79.9. The van der Waals surface area contributed by atoms with Crippen LogP contribution in [0.25, 0.3) is 22.4 Å². The van der Waals surface area contributed by atoms with E-state index in [2.05, 4.69) is 32.6 Å². The molecule has 5 nitrogen and oxygen atoms in total. The van der Waals surface area contributed by atoms with E-state index >= 15 is 0 Å². The maximum atomic E-state index is 14.6. The monoisotopic (exact) mass is 453 g/mol. The smallest absolute Gasteiger partial charge is 0.434 e. The van der Waals surface area contributed by atoms with Gasteiger partial charge in [-0.05, 0) is 22.0 Å². The number of oxazole rings is 1. The van der Waals surface area contributed by atoms with Gasteiger partial charge in [0.2, 0.25) is 0 Å². The summed E-state index contributed by atoms with van der Waals surface area (Å²) in [5.74, 6) is -0.904. The van der Waals surface area contributed by atoms with Crippen molar-refractivity contribution >= 4 is 38.6 Å². The van der Waals surface area contributed by atoms with Gasteiger partial charge in [-0.2, -0.15) is 23.3 Å². The molecule has 2 heterocycles. The molecule has 0 spiro atoms. The van der Waals surface area contributed by atoms with Gasteiger partial charge in [0.25, 0.3) is 0 Å². The first kappa shape index (κ1) is 18.7. The lowest BCUT2D eigenvalue weighted by atomic mass is 10.1. The van der Waals surface area contributed by atoms with Gasteiger partial charge in [0, 0.05) is 7.05 Å². The largest absolute Gasteiger partial charge is 0.446 e. The summed E-state index contributed by atoms with van der Waals surface area (Å²) in [4.78, 5) is 3.98. The Labute approximate surface area is 157 Å². The van der Waals surface area contributed by atoms with Gasteiger partial charge in [0.05, 0.1) is 15.1 Å². The second kappa shape index (κ2) is 6.58. The zero-order valence-electron chi connectivity index (χ0n) is 13.0. The molecule has 26 heavy (non-hydrogen) atoms. The molecule has 3 rings (SSSR count). The van der Waals surface area contributed by atoms with Crippen molar-refractivity contribution in [2.45, 2.75) is 6.18 Å². The number of hydrogen-bond acceptors (Lipinski definition) is 4. The molecule has 0 N–H and O–H groups in total. The van der Waals surface area contributed by atoms with Gasteiger partial charge in [-0.15, -0.1) is 0 Å². The molecule has 0 saturated heterocycles. The number of hydrogen-bond donors (Lipinski definition) is 0.